The summed E-state index contributed by atoms with van der Waals surface area (Å²) in [4.78, 5) is 2.61. The first-order valence-electron chi connectivity index (χ1n) is 4.62. The molecule has 0 aromatic rings. The molecule has 0 bridgehead atoms. The zero-order chi connectivity index (χ0) is 7.40. The maximum absolute atomic E-state index is 2.61. The van der Waals surface area contributed by atoms with Gasteiger partial charge in [0, 0.05) is 6.04 Å². The average molecular weight is 141 g/mol. The Morgan fingerprint density at radius 3 is 2.30 bits per heavy atom. The summed E-state index contributed by atoms with van der Waals surface area (Å²) in [6.07, 6.45) is 5.51. The Morgan fingerprint density at radius 2 is 2.00 bits per heavy atom. The van der Waals surface area contributed by atoms with Gasteiger partial charge in [0.15, 0.2) is 0 Å². The maximum atomic E-state index is 2.61. The fourth-order valence-electron chi connectivity index (χ4n) is 1.68. The fraction of sp³-hybridized carbons (Fsp3) is 1.00. The minimum Gasteiger partial charge on any atom is -0.300 e. The lowest BCUT2D eigenvalue weighted by molar-refractivity contribution is 0.108. The van der Waals surface area contributed by atoms with Gasteiger partial charge in [-0.2, -0.15) is 0 Å². The average Bonchev–Trinajstić information content (AvgIpc) is 1.83. The number of likely N-dealkylation sites (tertiary alicyclic amines) is 1. The first-order chi connectivity index (χ1) is 4.88. The van der Waals surface area contributed by atoms with E-state index in [-0.39, 0.29) is 0 Å². The van der Waals surface area contributed by atoms with E-state index in [1.54, 1.807) is 0 Å². The minimum absolute atomic E-state index is 0.902. The highest BCUT2D eigenvalue weighted by Crippen LogP contribution is 2.17. The van der Waals surface area contributed by atoms with Gasteiger partial charge in [-0.1, -0.05) is 20.3 Å². The van der Waals surface area contributed by atoms with Crippen molar-refractivity contribution in [1.29, 1.82) is 0 Å². The quantitative estimate of drug-likeness (QED) is 0.580. The molecule has 0 spiro atoms. The van der Waals surface area contributed by atoms with E-state index in [0.717, 1.165) is 6.04 Å². The number of hydrogen-bond acceptors (Lipinski definition) is 1. The van der Waals surface area contributed by atoms with Crippen molar-refractivity contribution in [1.82, 2.24) is 4.90 Å². The molecule has 1 rings (SSSR count). The summed E-state index contributed by atoms with van der Waals surface area (Å²) in [6.45, 7) is 7.30. The third-order valence-corrected chi connectivity index (χ3v) is 2.50. The van der Waals surface area contributed by atoms with Crippen LogP contribution in [0.1, 0.15) is 39.5 Å². The monoisotopic (exact) mass is 141 g/mol. The van der Waals surface area contributed by atoms with Crippen LogP contribution in [0.2, 0.25) is 0 Å². The van der Waals surface area contributed by atoms with E-state index in [9.17, 15) is 0 Å². The molecule has 1 atom stereocenters. The van der Waals surface area contributed by atoms with Crippen LogP contribution >= 0.6 is 0 Å². The summed E-state index contributed by atoms with van der Waals surface area (Å²) in [5, 5.41) is 0. The van der Waals surface area contributed by atoms with Crippen molar-refractivity contribution in [3.63, 3.8) is 0 Å². The molecule has 0 aromatic heterocycles. The molecule has 0 radical (unpaired) electrons. The van der Waals surface area contributed by atoms with Crippen LogP contribution in [0.3, 0.4) is 0 Å². The van der Waals surface area contributed by atoms with Crippen molar-refractivity contribution in [3.8, 4) is 0 Å². The summed E-state index contributed by atoms with van der Waals surface area (Å²) in [5.74, 6) is 0. The molecular formula is C9H19N. The largest absolute Gasteiger partial charge is 0.300 e. The molecular weight excluding hydrogens is 122 g/mol. The van der Waals surface area contributed by atoms with E-state index in [2.05, 4.69) is 18.7 Å². The SMILES string of the molecule is CCCC(CC)N1CCC1. The number of rotatable bonds is 4. The van der Waals surface area contributed by atoms with Crippen LogP contribution in [0.5, 0.6) is 0 Å². The van der Waals surface area contributed by atoms with E-state index >= 15 is 0 Å². The summed E-state index contributed by atoms with van der Waals surface area (Å²) in [7, 11) is 0. The molecule has 1 fully saturated rings. The van der Waals surface area contributed by atoms with Crippen molar-refractivity contribution >= 4 is 0 Å². The Balaban J connectivity index is 2.17. The lowest BCUT2D eigenvalue weighted by Gasteiger charge is -2.38. The van der Waals surface area contributed by atoms with Crippen molar-refractivity contribution in [3.05, 3.63) is 0 Å². The Bertz CT molecular complexity index is 86.7. The van der Waals surface area contributed by atoms with Gasteiger partial charge in [-0.25, -0.2) is 0 Å². The summed E-state index contributed by atoms with van der Waals surface area (Å²) in [5.41, 5.74) is 0. The molecule has 60 valence electrons. The molecule has 1 aliphatic heterocycles. The predicted molar refractivity (Wildman–Crippen MR) is 45.2 cm³/mol. The van der Waals surface area contributed by atoms with Crippen LogP contribution in [0.4, 0.5) is 0 Å². The molecule has 0 aliphatic carbocycles. The zero-order valence-electron chi connectivity index (χ0n) is 7.27. The van der Waals surface area contributed by atoms with E-state index in [1.165, 1.54) is 38.8 Å². The molecule has 0 amide bonds. The van der Waals surface area contributed by atoms with Gasteiger partial charge in [-0.15, -0.1) is 0 Å². The fourth-order valence-corrected chi connectivity index (χ4v) is 1.68. The van der Waals surface area contributed by atoms with Gasteiger partial charge in [-0.05, 0) is 32.4 Å². The third-order valence-electron chi connectivity index (χ3n) is 2.50. The maximum Gasteiger partial charge on any atom is 0.00925 e. The summed E-state index contributed by atoms with van der Waals surface area (Å²) < 4.78 is 0. The second-order valence-corrected chi connectivity index (χ2v) is 3.24. The summed E-state index contributed by atoms with van der Waals surface area (Å²) >= 11 is 0. The van der Waals surface area contributed by atoms with Crippen LogP contribution in [-0.2, 0) is 0 Å². The van der Waals surface area contributed by atoms with Crippen molar-refractivity contribution in [2.24, 2.45) is 0 Å². The van der Waals surface area contributed by atoms with Crippen LogP contribution in [0.25, 0.3) is 0 Å². The Morgan fingerprint density at radius 1 is 1.30 bits per heavy atom. The van der Waals surface area contributed by atoms with Gasteiger partial charge in [-0.3, -0.25) is 0 Å². The smallest absolute Gasteiger partial charge is 0.00925 e. The lowest BCUT2D eigenvalue weighted by Crippen LogP contribution is -2.44. The highest BCUT2D eigenvalue weighted by Gasteiger charge is 2.20. The highest BCUT2D eigenvalue weighted by atomic mass is 15.2. The minimum atomic E-state index is 0.902. The zero-order valence-corrected chi connectivity index (χ0v) is 7.27. The Hall–Kier alpha value is -0.0400. The van der Waals surface area contributed by atoms with E-state index < -0.39 is 0 Å². The van der Waals surface area contributed by atoms with Gasteiger partial charge < -0.3 is 4.90 Å². The third kappa shape index (κ3) is 1.72. The molecule has 10 heavy (non-hydrogen) atoms. The standard InChI is InChI=1S/C9H19N/c1-3-6-9(4-2)10-7-5-8-10/h9H,3-8H2,1-2H3. The van der Waals surface area contributed by atoms with Crippen molar-refractivity contribution in [2.75, 3.05) is 13.1 Å². The van der Waals surface area contributed by atoms with Gasteiger partial charge in [0.1, 0.15) is 0 Å². The lowest BCUT2D eigenvalue weighted by atomic mass is 10.0. The number of hydrogen-bond donors (Lipinski definition) is 0. The van der Waals surface area contributed by atoms with Gasteiger partial charge in [0.05, 0.1) is 0 Å². The first-order valence-corrected chi connectivity index (χ1v) is 4.62. The van der Waals surface area contributed by atoms with Gasteiger partial charge >= 0.3 is 0 Å². The molecule has 1 unspecified atom stereocenters. The Kier molecular flexibility index (Phi) is 3.20. The molecule has 0 aromatic carbocycles. The van der Waals surface area contributed by atoms with Crippen molar-refractivity contribution < 1.29 is 0 Å². The van der Waals surface area contributed by atoms with E-state index in [0.29, 0.717) is 0 Å². The van der Waals surface area contributed by atoms with Crippen LogP contribution < -0.4 is 0 Å². The van der Waals surface area contributed by atoms with Crippen molar-refractivity contribution in [2.45, 2.75) is 45.6 Å². The van der Waals surface area contributed by atoms with Crippen LogP contribution in [0.15, 0.2) is 0 Å². The molecule has 1 nitrogen and oxygen atoms in total. The molecule has 1 saturated heterocycles. The molecule has 1 aliphatic rings. The predicted octanol–water partition coefficient (Wildman–Crippen LogP) is 2.27. The van der Waals surface area contributed by atoms with Crippen LogP contribution in [0, 0.1) is 0 Å². The topological polar surface area (TPSA) is 3.24 Å². The van der Waals surface area contributed by atoms with Crippen LogP contribution in [-0.4, -0.2) is 24.0 Å². The molecule has 0 N–H and O–H groups in total. The summed E-state index contributed by atoms with van der Waals surface area (Å²) in [6, 6.07) is 0.902. The number of nitrogens with zero attached hydrogens (tertiary/aromatic N) is 1. The van der Waals surface area contributed by atoms with E-state index in [1.807, 2.05) is 0 Å². The second kappa shape index (κ2) is 3.97. The second-order valence-electron chi connectivity index (χ2n) is 3.24. The first kappa shape index (κ1) is 8.06. The molecule has 1 heterocycles. The normalized spacial score (nSPS) is 22.2. The highest BCUT2D eigenvalue weighted by molar-refractivity contribution is 4.76. The Labute approximate surface area is 64.4 Å². The van der Waals surface area contributed by atoms with Gasteiger partial charge in [0.25, 0.3) is 0 Å². The van der Waals surface area contributed by atoms with Gasteiger partial charge in [0.2, 0.25) is 0 Å². The van der Waals surface area contributed by atoms with E-state index in [4.69, 9.17) is 0 Å². The molecule has 0 saturated carbocycles. The molecule has 1 heteroatoms.